The second kappa shape index (κ2) is 6.57. The lowest BCUT2D eigenvalue weighted by Crippen LogP contribution is -2.31. The molecule has 2 aromatic rings. The molecule has 0 N–H and O–H groups in total. The number of amides is 1. The van der Waals surface area contributed by atoms with Crippen molar-refractivity contribution >= 4 is 5.91 Å². The lowest BCUT2D eigenvalue weighted by Gasteiger charge is -2.21. The molecule has 122 valence electrons. The van der Waals surface area contributed by atoms with Gasteiger partial charge in [0.05, 0.1) is 5.69 Å². The standard InChI is InChI=1S/C19H25N3O/c1-14-15(2)20-22(16(14)3)12-10-19(23)21-11-6-9-17-7-4-5-8-18(17)13-21/h4-5,7-8H,6,9-13H2,1-3H3. The molecule has 0 saturated carbocycles. The van der Waals surface area contributed by atoms with Crippen LogP contribution in [0.3, 0.4) is 0 Å². The van der Waals surface area contributed by atoms with Gasteiger partial charge >= 0.3 is 0 Å². The largest absolute Gasteiger partial charge is 0.338 e. The monoisotopic (exact) mass is 311 g/mol. The van der Waals surface area contributed by atoms with Crippen LogP contribution in [0.5, 0.6) is 0 Å². The van der Waals surface area contributed by atoms with Crippen molar-refractivity contribution in [2.75, 3.05) is 6.54 Å². The summed E-state index contributed by atoms with van der Waals surface area (Å²) < 4.78 is 1.97. The predicted molar refractivity (Wildman–Crippen MR) is 91.2 cm³/mol. The van der Waals surface area contributed by atoms with Gasteiger partial charge in [0.25, 0.3) is 0 Å². The van der Waals surface area contributed by atoms with Crippen LogP contribution in [0.4, 0.5) is 0 Å². The van der Waals surface area contributed by atoms with E-state index in [-0.39, 0.29) is 5.91 Å². The van der Waals surface area contributed by atoms with Gasteiger partial charge in [0, 0.05) is 31.7 Å². The number of carbonyl (C=O) groups is 1. The van der Waals surface area contributed by atoms with E-state index in [1.165, 1.54) is 16.7 Å². The highest BCUT2D eigenvalue weighted by atomic mass is 16.2. The molecule has 0 saturated heterocycles. The molecule has 0 atom stereocenters. The summed E-state index contributed by atoms with van der Waals surface area (Å²) in [5.74, 6) is 0.229. The lowest BCUT2D eigenvalue weighted by molar-refractivity contribution is -0.132. The Hall–Kier alpha value is -2.10. The zero-order valence-corrected chi connectivity index (χ0v) is 14.3. The third kappa shape index (κ3) is 3.31. The maximum absolute atomic E-state index is 12.6. The molecule has 0 aliphatic carbocycles. The minimum atomic E-state index is 0.229. The fourth-order valence-corrected chi connectivity index (χ4v) is 3.28. The van der Waals surface area contributed by atoms with Crippen molar-refractivity contribution < 1.29 is 4.79 Å². The van der Waals surface area contributed by atoms with Crippen LogP contribution in [-0.4, -0.2) is 27.1 Å². The number of fused-ring (bicyclic) bond motifs is 1. The summed E-state index contributed by atoms with van der Waals surface area (Å²) in [6.45, 7) is 8.43. The highest BCUT2D eigenvalue weighted by Crippen LogP contribution is 2.19. The maximum Gasteiger partial charge on any atom is 0.224 e. The summed E-state index contributed by atoms with van der Waals surface area (Å²) in [4.78, 5) is 14.6. The number of aromatic nitrogens is 2. The van der Waals surface area contributed by atoms with E-state index in [0.717, 1.165) is 37.3 Å². The molecule has 0 spiro atoms. The minimum Gasteiger partial charge on any atom is -0.338 e. The van der Waals surface area contributed by atoms with Crippen LogP contribution in [0.15, 0.2) is 24.3 Å². The molecule has 0 unspecified atom stereocenters. The van der Waals surface area contributed by atoms with Crippen LogP contribution < -0.4 is 0 Å². The molecule has 0 bridgehead atoms. The molecule has 4 heteroatoms. The second-order valence-corrected chi connectivity index (χ2v) is 6.46. The zero-order valence-electron chi connectivity index (χ0n) is 14.3. The molecule has 23 heavy (non-hydrogen) atoms. The van der Waals surface area contributed by atoms with E-state index in [2.05, 4.69) is 43.2 Å². The second-order valence-electron chi connectivity index (χ2n) is 6.46. The maximum atomic E-state index is 12.6. The van der Waals surface area contributed by atoms with Gasteiger partial charge in [0.1, 0.15) is 0 Å². The van der Waals surface area contributed by atoms with E-state index >= 15 is 0 Å². The lowest BCUT2D eigenvalue weighted by atomic mass is 10.0. The summed E-state index contributed by atoms with van der Waals surface area (Å²) in [5, 5.41) is 4.53. The number of benzene rings is 1. The third-order valence-electron chi connectivity index (χ3n) is 4.99. The van der Waals surface area contributed by atoms with Crippen LogP contribution in [0.25, 0.3) is 0 Å². The summed E-state index contributed by atoms with van der Waals surface area (Å²) in [5.41, 5.74) is 6.12. The number of hydrogen-bond acceptors (Lipinski definition) is 2. The topological polar surface area (TPSA) is 38.1 Å². The van der Waals surface area contributed by atoms with Gasteiger partial charge in [-0.1, -0.05) is 24.3 Å². The summed E-state index contributed by atoms with van der Waals surface area (Å²) in [6, 6.07) is 8.47. The molecule has 0 fully saturated rings. The van der Waals surface area contributed by atoms with E-state index in [1.54, 1.807) is 0 Å². The van der Waals surface area contributed by atoms with Gasteiger partial charge < -0.3 is 4.90 Å². The van der Waals surface area contributed by atoms with Crippen molar-refractivity contribution in [1.29, 1.82) is 0 Å². The van der Waals surface area contributed by atoms with Gasteiger partial charge in [-0.25, -0.2) is 0 Å². The van der Waals surface area contributed by atoms with Gasteiger partial charge in [-0.3, -0.25) is 9.48 Å². The Morgan fingerprint density at radius 2 is 1.91 bits per heavy atom. The Balaban J connectivity index is 1.65. The first-order chi connectivity index (χ1) is 11.1. The quantitative estimate of drug-likeness (QED) is 0.873. The summed E-state index contributed by atoms with van der Waals surface area (Å²) in [7, 11) is 0. The number of carbonyl (C=O) groups excluding carboxylic acids is 1. The first kappa shape index (κ1) is 15.8. The minimum absolute atomic E-state index is 0.229. The Kier molecular flexibility index (Phi) is 4.51. The Morgan fingerprint density at radius 3 is 2.61 bits per heavy atom. The normalized spacial score (nSPS) is 14.5. The van der Waals surface area contributed by atoms with Gasteiger partial charge in [-0.05, 0) is 50.3 Å². The molecule has 1 amide bonds. The SMILES string of the molecule is Cc1nn(CCC(=O)N2CCCc3ccccc3C2)c(C)c1C. The van der Waals surface area contributed by atoms with Gasteiger partial charge in [-0.2, -0.15) is 5.10 Å². The van der Waals surface area contributed by atoms with E-state index in [4.69, 9.17) is 0 Å². The summed E-state index contributed by atoms with van der Waals surface area (Å²) in [6.07, 6.45) is 2.63. The summed E-state index contributed by atoms with van der Waals surface area (Å²) >= 11 is 0. The van der Waals surface area contributed by atoms with Crippen LogP contribution in [0.2, 0.25) is 0 Å². The van der Waals surface area contributed by atoms with E-state index in [0.29, 0.717) is 13.0 Å². The first-order valence-electron chi connectivity index (χ1n) is 8.41. The fourth-order valence-electron chi connectivity index (χ4n) is 3.28. The molecule has 4 nitrogen and oxygen atoms in total. The van der Waals surface area contributed by atoms with Crippen molar-refractivity contribution in [2.45, 2.75) is 53.1 Å². The van der Waals surface area contributed by atoms with E-state index in [1.807, 2.05) is 16.5 Å². The molecular formula is C19H25N3O. The predicted octanol–water partition coefficient (Wildman–Crippen LogP) is 3.17. The average molecular weight is 311 g/mol. The zero-order chi connectivity index (χ0) is 16.4. The third-order valence-corrected chi connectivity index (χ3v) is 4.99. The smallest absolute Gasteiger partial charge is 0.224 e. The molecule has 1 aliphatic heterocycles. The highest BCUT2D eigenvalue weighted by Gasteiger charge is 2.19. The van der Waals surface area contributed by atoms with Crippen LogP contribution in [0.1, 0.15) is 40.9 Å². The molecule has 1 aromatic carbocycles. The number of aryl methyl sites for hydroxylation is 3. The van der Waals surface area contributed by atoms with Gasteiger partial charge in [0.2, 0.25) is 5.91 Å². The number of nitrogens with zero attached hydrogens (tertiary/aromatic N) is 3. The molecule has 1 aromatic heterocycles. The Bertz CT molecular complexity index is 717. The average Bonchev–Trinajstić information content (AvgIpc) is 2.73. The highest BCUT2D eigenvalue weighted by molar-refractivity contribution is 5.76. The Morgan fingerprint density at radius 1 is 1.17 bits per heavy atom. The van der Waals surface area contributed by atoms with Crippen molar-refractivity contribution in [3.8, 4) is 0 Å². The first-order valence-corrected chi connectivity index (χ1v) is 8.41. The molecular weight excluding hydrogens is 286 g/mol. The van der Waals surface area contributed by atoms with Gasteiger partial charge in [0.15, 0.2) is 0 Å². The number of hydrogen-bond donors (Lipinski definition) is 0. The van der Waals surface area contributed by atoms with Crippen LogP contribution in [-0.2, 0) is 24.3 Å². The van der Waals surface area contributed by atoms with Crippen LogP contribution in [0, 0.1) is 20.8 Å². The molecule has 3 rings (SSSR count). The number of rotatable bonds is 3. The van der Waals surface area contributed by atoms with Crippen molar-refractivity contribution in [3.63, 3.8) is 0 Å². The van der Waals surface area contributed by atoms with Crippen molar-refractivity contribution in [2.24, 2.45) is 0 Å². The van der Waals surface area contributed by atoms with E-state index in [9.17, 15) is 4.79 Å². The molecule has 1 aliphatic rings. The fraction of sp³-hybridized carbons (Fsp3) is 0.474. The van der Waals surface area contributed by atoms with Crippen molar-refractivity contribution in [3.05, 3.63) is 52.3 Å². The van der Waals surface area contributed by atoms with E-state index < -0.39 is 0 Å². The van der Waals surface area contributed by atoms with Gasteiger partial charge in [-0.15, -0.1) is 0 Å². The van der Waals surface area contributed by atoms with Crippen LogP contribution >= 0.6 is 0 Å². The molecule has 0 radical (unpaired) electrons. The molecule has 2 heterocycles. The Labute approximate surface area is 138 Å². The van der Waals surface area contributed by atoms with Crippen molar-refractivity contribution in [1.82, 2.24) is 14.7 Å².